The van der Waals surface area contributed by atoms with Gasteiger partial charge in [0.1, 0.15) is 0 Å². The van der Waals surface area contributed by atoms with E-state index in [0.717, 1.165) is 11.1 Å². The highest BCUT2D eigenvalue weighted by molar-refractivity contribution is 5.76. The maximum Gasteiger partial charge on any atom is 0.220 e. The summed E-state index contributed by atoms with van der Waals surface area (Å²) >= 11 is 0. The number of hydrogen-bond donors (Lipinski definition) is 1. The van der Waals surface area contributed by atoms with Gasteiger partial charge in [0, 0.05) is 18.8 Å². The van der Waals surface area contributed by atoms with E-state index in [1.165, 1.54) is 0 Å². The Morgan fingerprint density at radius 1 is 1.13 bits per heavy atom. The molecule has 0 spiro atoms. The average Bonchev–Trinajstić information content (AvgIpc) is 2.60. The lowest BCUT2D eigenvalue weighted by Crippen LogP contribution is -2.26. The number of rotatable bonds is 7. The molecule has 1 atom stereocenters. The summed E-state index contributed by atoms with van der Waals surface area (Å²) in [6, 6.07) is 9.47. The third-order valence-corrected chi connectivity index (χ3v) is 3.67. The smallest absolute Gasteiger partial charge is 0.220 e. The van der Waals surface area contributed by atoms with Crippen molar-refractivity contribution in [2.75, 3.05) is 14.2 Å². The molecule has 2 aromatic rings. The van der Waals surface area contributed by atoms with Crippen LogP contribution in [-0.4, -0.2) is 25.1 Å². The summed E-state index contributed by atoms with van der Waals surface area (Å²) < 4.78 is 10.5. The second-order valence-corrected chi connectivity index (χ2v) is 5.26. The van der Waals surface area contributed by atoms with Gasteiger partial charge in [-0.2, -0.15) is 0 Å². The molecule has 0 aliphatic heterocycles. The molecule has 122 valence electrons. The Morgan fingerprint density at radius 2 is 1.83 bits per heavy atom. The van der Waals surface area contributed by atoms with Crippen molar-refractivity contribution in [2.24, 2.45) is 0 Å². The van der Waals surface area contributed by atoms with Crippen LogP contribution in [0.5, 0.6) is 11.5 Å². The zero-order chi connectivity index (χ0) is 16.7. The third kappa shape index (κ3) is 4.71. The Balaban J connectivity index is 1.89. The fourth-order valence-corrected chi connectivity index (χ4v) is 2.34. The van der Waals surface area contributed by atoms with Crippen LogP contribution >= 0.6 is 0 Å². The van der Waals surface area contributed by atoms with E-state index < -0.39 is 0 Å². The first-order valence-corrected chi connectivity index (χ1v) is 7.54. The zero-order valence-electron chi connectivity index (χ0n) is 13.7. The highest BCUT2D eigenvalue weighted by atomic mass is 16.5. The Bertz CT molecular complexity index is 644. The lowest BCUT2D eigenvalue weighted by Gasteiger charge is -2.14. The minimum absolute atomic E-state index is 0.0177. The molecule has 5 heteroatoms. The Kier molecular flexibility index (Phi) is 5.97. The minimum Gasteiger partial charge on any atom is -0.493 e. The lowest BCUT2D eigenvalue weighted by molar-refractivity contribution is -0.121. The SMILES string of the molecule is COc1ccc(CCC(=O)N[C@@H](C)c2ccncc2)cc1OC. The Hall–Kier alpha value is -2.56. The van der Waals surface area contributed by atoms with E-state index >= 15 is 0 Å². The van der Waals surface area contributed by atoms with Gasteiger partial charge in [0.2, 0.25) is 5.91 Å². The van der Waals surface area contributed by atoms with Crippen LogP contribution in [0.1, 0.15) is 30.5 Å². The summed E-state index contributed by atoms with van der Waals surface area (Å²) in [6.45, 7) is 1.96. The van der Waals surface area contributed by atoms with Crippen molar-refractivity contribution in [2.45, 2.75) is 25.8 Å². The quantitative estimate of drug-likeness (QED) is 0.853. The molecule has 0 saturated carbocycles. The van der Waals surface area contributed by atoms with Crippen molar-refractivity contribution in [3.63, 3.8) is 0 Å². The van der Waals surface area contributed by atoms with Crippen LogP contribution in [0.4, 0.5) is 0 Å². The van der Waals surface area contributed by atoms with Gasteiger partial charge in [0.15, 0.2) is 11.5 Å². The van der Waals surface area contributed by atoms with E-state index in [-0.39, 0.29) is 11.9 Å². The van der Waals surface area contributed by atoms with Gasteiger partial charge >= 0.3 is 0 Å². The summed E-state index contributed by atoms with van der Waals surface area (Å²) in [6.07, 6.45) is 4.52. The zero-order valence-corrected chi connectivity index (χ0v) is 13.7. The normalized spacial score (nSPS) is 11.6. The molecule has 0 saturated heterocycles. The van der Waals surface area contributed by atoms with Crippen molar-refractivity contribution in [3.8, 4) is 11.5 Å². The highest BCUT2D eigenvalue weighted by Crippen LogP contribution is 2.28. The molecule has 5 nitrogen and oxygen atoms in total. The van der Waals surface area contributed by atoms with Gasteiger partial charge in [-0.25, -0.2) is 0 Å². The van der Waals surface area contributed by atoms with Crippen molar-refractivity contribution in [1.29, 1.82) is 0 Å². The molecule has 1 aromatic carbocycles. The van der Waals surface area contributed by atoms with Gasteiger partial charge < -0.3 is 14.8 Å². The van der Waals surface area contributed by atoms with E-state index in [0.29, 0.717) is 24.3 Å². The number of nitrogens with one attached hydrogen (secondary N) is 1. The van der Waals surface area contributed by atoms with E-state index in [2.05, 4.69) is 10.3 Å². The predicted molar refractivity (Wildman–Crippen MR) is 88.7 cm³/mol. The van der Waals surface area contributed by atoms with E-state index in [1.54, 1.807) is 26.6 Å². The second kappa shape index (κ2) is 8.17. The van der Waals surface area contributed by atoms with Crippen molar-refractivity contribution in [1.82, 2.24) is 10.3 Å². The monoisotopic (exact) mass is 314 g/mol. The molecule has 0 unspecified atom stereocenters. The number of pyridine rings is 1. The van der Waals surface area contributed by atoms with Crippen molar-refractivity contribution < 1.29 is 14.3 Å². The van der Waals surface area contributed by atoms with Gasteiger partial charge in [-0.1, -0.05) is 6.07 Å². The third-order valence-electron chi connectivity index (χ3n) is 3.67. The number of methoxy groups -OCH3 is 2. The minimum atomic E-state index is -0.0316. The van der Waals surface area contributed by atoms with Crippen LogP contribution in [-0.2, 0) is 11.2 Å². The van der Waals surface area contributed by atoms with Crippen LogP contribution in [0.2, 0.25) is 0 Å². The van der Waals surface area contributed by atoms with E-state index in [9.17, 15) is 4.79 Å². The van der Waals surface area contributed by atoms with Crippen LogP contribution in [0.25, 0.3) is 0 Å². The van der Waals surface area contributed by atoms with E-state index in [4.69, 9.17) is 9.47 Å². The first kappa shape index (κ1) is 16.8. The molecule has 0 radical (unpaired) electrons. The van der Waals surface area contributed by atoms with Crippen molar-refractivity contribution in [3.05, 3.63) is 53.9 Å². The van der Waals surface area contributed by atoms with Gasteiger partial charge in [-0.3, -0.25) is 9.78 Å². The number of carbonyl (C=O) groups excluding carboxylic acids is 1. The Morgan fingerprint density at radius 3 is 2.48 bits per heavy atom. The summed E-state index contributed by atoms with van der Waals surface area (Å²) in [7, 11) is 3.20. The van der Waals surface area contributed by atoms with Gasteiger partial charge in [-0.05, 0) is 48.7 Å². The molecule has 23 heavy (non-hydrogen) atoms. The molecule has 1 amide bonds. The Labute approximate surface area is 136 Å². The number of hydrogen-bond acceptors (Lipinski definition) is 4. The predicted octanol–water partition coefficient (Wildman–Crippen LogP) is 2.91. The summed E-state index contributed by atoms with van der Waals surface area (Å²) in [5, 5.41) is 2.99. The van der Waals surface area contributed by atoms with Gasteiger partial charge in [0.25, 0.3) is 0 Å². The molecule has 0 aliphatic rings. The number of nitrogens with zero attached hydrogens (tertiary/aromatic N) is 1. The van der Waals surface area contributed by atoms with Gasteiger partial charge in [0.05, 0.1) is 20.3 Å². The second-order valence-electron chi connectivity index (χ2n) is 5.26. The molecule has 0 aliphatic carbocycles. The van der Waals surface area contributed by atoms with E-state index in [1.807, 2.05) is 37.3 Å². The summed E-state index contributed by atoms with van der Waals surface area (Å²) in [5.74, 6) is 1.38. The first-order valence-electron chi connectivity index (χ1n) is 7.54. The van der Waals surface area contributed by atoms with Crippen LogP contribution < -0.4 is 14.8 Å². The molecule has 2 rings (SSSR count). The molecule has 0 bridgehead atoms. The molecular weight excluding hydrogens is 292 g/mol. The number of amides is 1. The first-order chi connectivity index (χ1) is 11.1. The fourth-order valence-electron chi connectivity index (χ4n) is 2.34. The van der Waals surface area contributed by atoms with Crippen molar-refractivity contribution >= 4 is 5.91 Å². The average molecular weight is 314 g/mol. The molecule has 1 heterocycles. The fraction of sp³-hybridized carbons (Fsp3) is 0.333. The maximum atomic E-state index is 12.1. The highest BCUT2D eigenvalue weighted by Gasteiger charge is 2.10. The lowest BCUT2D eigenvalue weighted by atomic mass is 10.1. The van der Waals surface area contributed by atoms with Crippen LogP contribution in [0, 0.1) is 0 Å². The summed E-state index contributed by atoms with van der Waals surface area (Å²) in [4.78, 5) is 16.1. The van der Waals surface area contributed by atoms with Crippen LogP contribution in [0.15, 0.2) is 42.7 Å². The van der Waals surface area contributed by atoms with Crippen LogP contribution in [0.3, 0.4) is 0 Å². The molecule has 0 fully saturated rings. The number of benzene rings is 1. The number of ether oxygens (including phenoxy) is 2. The molecule has 1 N–H and O–H groups in total. The number of aromatic nitrogens is 1. The topological polar surface area (TPSA) is 60.5 Å². The largest absolute Gasteiger partial charge is 0.493 e. The molecule has 1 aromatic heterocycles. The van der Waals surface area contributed by atoms with Gasteiger partial charge in [-0.15, -0.1) is 0 Å². The maximum absolute atomic E-state index is 12.1. The summed E-state index contributed by atoms with van der Waals surface area (Å²) in [5.41, 5.74) is 2.08. The number of aryl methyl sites for hydroxylation is 1. The number of carbonyl (C=O) groups is 1. The standard InChI is InChI=1S/C18H22N2O3/c1-13(15-8-10-19-11-9-15)20-18(21)7-5-14-4-6-16(22-2)17(12-14)23-3/h4,6,8-13H,5,7H2,1-3H3,(H,20,21)/t13-/m0/s1. The molecular formula is C18H22N2O3.